The summed E-state index contributed by atoms with van der Waals surface area (Å²) in [6.45, 7) is 8.22. The number of nitrogens with zero attached hydrogens (tertiary/aromatic N) is 3. The third kappa shape index (κ3) is 6.64. The molecule has 0 spiro atoms. The van der Waals surface area contributed by atoms with E-state index >= 15 is 0 Å². The van der Waals surface area contributed by atoms with Gasteiger partial charge < -0.3 is 29.4 Å². The second kappa shape index (κ2) is 11.4. The summed E-state index contributed by atoms with van der Waals surface area (Å²) in [7, 11) is 1.59. The summed E-state index contributed by atoms with van der Waals surface area (Å²) < 4.78 is 18.7. The van der Waals surface area contributed by atoms with Gasteiger partial charge in [0.25, 0.3) is 0 Å². The number of ether oxygens (including phenoxy) is 3. The Morgan fingerprint density at radius 2 is 2.07 bits per heavy atom. The van der Waals surface area contributed by atoms with Crippen LogP contribution in [0.3, 0.4) is 0 Å². The van der Waals surface area contributed by atoms with Gasteiger partial charge in [0.05, 0.1) is 26.7 Å². The summed E-state index contributed by atoms with van der Waals surface area (Å²) in [6.07, 6.45) is 4.44. The van der Waals surface area contributed by atoms with Crippen LogP contribution in [0.5, 0.6) is 11.5 Å². The molecule has 2 aromatic rings. The topological polar surface area (TPSA) is 89.9 Å². The van der Waals surface area contributed by atoms with E-state index in [1.165, 1.54) is 0 Å². The first-order valence-corrected chi connectivity index (χ1v) is 10.3. The molecule has 1 aliphatic rings. The predicted octanol–water partition coefficient (Wildman–Crippen LogP) is 2.12. The van der Waals surface area contributed by atoms with Crippen LogP contribution >= 0.6 is 0 Å². The van der Waals surface area contributed by atoms with Gasteiger partial charge in [-0.3, -0.25) is 4.90 Å². The van der Waals surface area contributed by atoms with E-state index in [-0.39, 0.29) is 6.03 Å². The highest BCUT2D eigenvalue weighted by molar-refractivity contribution is 5.89. The molecule has 1 aromatic carbocycles. The molecule has 30 heavy (non-hydrogen) atoms. The molecule has 1 fully saturated rings. The Hall–Kier alpha value is -2.78. The monoisotopic (exact) mass is 417 g/mol. The number of nitrogens with one attached hydrogen (secondary N) is 2. The Morgan fingerprint density at radius 1 is 1.23 bits per heavy atom. The fourth-order valence-electron chi connectivity index (χ4n) is 3.22. The molecule has 2 N–H and O–H groups in total. The highest BCUT2D eigenvalue weighted by atomic mass is 16.5. The number of benzene rings is 1. The van der Waals surface area contributed by atoms with Gasteiger partial charge in [-0.2, -0.15) is 0 Å². The van der Waals surface area contributed by atoms with Crippen LogP contribution in [-0.4, -0.2) is 73.6 Å². The maximum atomic E-state index is 12.1. The number of anilines is 1. The van der Waals surface area contributed by atoms with Crippen LogP contribution in [0.4, 0.5) is 10.5 Å². The fourth-order valence-corrected chi connectivity index (χ4v) is 3.22. The van der Waals surface area contributed by atoms with E-state index < -0.39 is 0 Å². The molecule has 1 aromatic heterocycles. The van der Waals surface area contributed by atoms with E-state index in [1.807, 2.05) is 19.2 Å². The lowest BCUT2D eigenvalue weighted by atomic mass is 10.2. The first-order valence-electron chi connectivity index (χ1n) is 10.3. The summed E-state index contributed by atoms with van der Waals surface area (Å²) in [5.41, 5.74) is 1.76. The Balaban J connectivity index is 1.40. The maximum absolute atomic E-state index is 12.1. The highest BCUT2D eigenvalue weighted by Crippen LogP contribution is 2.30. The number of hydrogen-bond donors (Lipinski definition) is 2. The number of methoxy groups -OCH3 is 1. The van der Waals surface area contributed by atoms with Gasteiger partial charge in [0.2, 0.25) is 0 Å². The van der Waals surface area contributed by atoms with Gasteiger partial charge in [0.1, 0.15) is 6.61 Å². The number of carbonyl (C=O) groups is 1. The van der Waals surface area contributed by atoms with Gasteiger partial charge in [-0.05, 0) is 25.5 Å². The van der Waals surface area contributed by atoms with Crippen molar-refractivity contribution >= 4 is 11.7 Å². The van der Waals surface area contributed by atoms with E-state index in [1.54, 1.807) is 25.6 Å². The maximum Gasteiger partial charge on any atom is 0.319 e. The number of rotatable bonds is 10. The Morgan fingerprint density at radius 3 is 2.80 bits per heavy atom. The van der Waals surface area contributed by atoms with E-state index in [9.17, 15) is 4.79 Å². The third-order valence-corrected chi connectivity index (χ3v) is 4.97. The summed E-state index contributed by atoms with van der Waals surface area (Å²) in [5.74, 6) is 1.25. The minimum Gasteiger partial charge on any atom is -0.493 e. The molecule has 0 aliphatic carbocycles. The summed E-state index contributed by atoms with van der Waals surface area (Å²) in [6, 6.07) is 5.13. The molecule has 0 bridgehead atoms. The van der Waals surface area contributed by atoms with E-state index in [0.29, 0.717) is 30.3 Å². The summed E-state index contributed by atoms with van der Waals surface area (Å²) in [4.78, 5) is 18.5. The number of hydrogen-bond acceptors (Lipinski definition) is 6. The SMILES string of the molecule is COc1cc(NC(=O)NCCCn2cncc2C)ccc1OCCN1CCOCC1. The average molecular weight is 418 g/mol. The second-order valence-corrected chi connectivity index (χ2v) is 7.13. The second-order valence-electron chi connectivity index (χ2n) is 7.13. The molecule has 164 valence electrons. The quantitative estimate of drug-likeness (QED) is 0.576. The zero-order valence-electron chi connectivity index (χ0n) is 17.7. The van der Waals surface area contributed by atoms with Crippen molar-refractivity contribution in [1.29, 1.82) is 0 Å². The van der Waals surface area contributed by atoms with Crippen molar-refractivity contribution in [3.05, 3.63) is 36.4 Å². The van der Waals surface area contributed by atoms with Crippen LogP contribution in [-0.2, 0) is 11.3 Å². The minimum absolute atomic E-state index is 0.250. The standard InChI is InChI=1S/C21H31N5O4/c1-17-15-22-16-26(17)7-3-6-23-21(27)24-18-4-5-19(20(14-18)28-2)30-13-10-25-8-11-29-12-9-25/h4-5,14-16H,3,6-13H2,1-2H3,(H2,23,24,27). The van der Waals surface area contributed by atoms with E-state index in [2.05, 4.69) is 25.1 Å². The smallest absolute Gasteiger partial charge is 0.319 e. The lowest BCUT2D eigenvalue weighted by Gasteiger charge is -2.26. The van der Waals surface area contributed by atoms with Crippen molar-refractivity contribution in [3.8, 4) is 11.5 Å². The van der Waals surface area contributed by atoms with Gasteiger partial charge in [0.15, 0.2) is 11.5 Å². The average Bonchev–Trinajstić information content (AvgIpc) is 3.17. The van der Waals surface area contributed by atoms with Gasteiger partial charge in [-0.1, -0.05) is 0 Å². The van der Waals surface area contributed by atoms with Crippen molar-refractivity contribution in [2.24, 2.45) is 0 Å². The Labute approximate surface area is 177 Å². The Kier molecular flexibility index (Phi) is 8.34. The van der Waals surface area contributed by atoms with Crippen molar-refractivity contribution in [2.45, 2.75) is 19.9 Å². The van der Waals surface area contributed by atoms with Gasteiger partial charge in [-0.15, -0.1) is 0 Å². The summed E-state index contributed by atoms with van der Waals surface area (Å²) in [5, 5.41) is 5.69. The largest absolute Gasteiger partial charge is 0.493 e. The highest BCUT2D eigenvalue weighted by Gasteiger charge is 2.12. The number of imidazole rings is 1. The van der Waals surface area contributed by atoms with Crippen LogP contribution in [0.15, 0.2) is 30.7 Å². The van der Waals surface area contributed by atoms with Crippen molar-refractivity contribution in [2.75, 3.05) is 58.4 Å². The number of aromatic nitrogens is 2. The lowest BCUT2D eigenvalue weighted by Crippen LogP contribution is -2.38. The fraction of sp³-hybridized carbons (Fsp3) is 0.524. The molecule has 3 rings (SSSR count). The zero-order chi connectivity index (χ0) is 21.2. The molecule has 1 saturated heterocycles. The van der Waals surface area contributed by atoms with Crippen LogP contribution in [0, 0.1) is 6.92 Å². The lowest BCUT2D eigenvalue weighted by molar-refractivity contribution is 0.0321. The third-order valence-electron chi connectivity index (χ3n) is 4.97. The number of urea groups is 1. The molecule has 2 amide bonds. The first-order chi connectivity index (χ1) is 14.7. The normalized spacial score (nSPS) is 14.3. The van der Waals surface area contributed by atoms with Gasteiger partial charge >= 0.3 is 6.03 Å². The molecule has 0 unspecified atom stereocenters. The van der Waals surface area contributed by atoms with Crippen molar-refractivity contribution in [1.82, 2.24) is 19.8 Å². The van der Waals surface area contributed by atoms with Crippen molar-refractivity contribution < 1.29 is 19.0 Å². The molecule has 0 atom stereocenters. The minimum atomic E-state index is -0.250. The molecule has 9 heteroatoms. The Bertz CT molecular complexity index is 804. The van der Waals surface area contributed by atoms with Gasteiger partial charge in [0, 0.05) is 56.4 Å². The van der Waals surface area contributed by atoms with Crippen LogP contribution < -0.4 is 20.1 Å². The molecule has 2 heterocycles. The van der Waals surface area contributed by atoms with E-state index in [0.717, 1.165) is 51.5 Å². The molecule has 0 radical (unpaired) electrons. The van der Waals surface area contributed by atoms with Crippen molar-refractivity contribution in [3.63, 3.8) is 0 Å². The number of amides is 2. The number of morpholine rings is 1. The van der Waals surface area contributed by atoms with Crippen LogP contribution in [0.2, 0.25) is 0 Å². The summed E-state index contributed by atoms with van der Waals surface area (Å²) >= 11 is 0. The van der Waals surface area contributed by atoms with Gasteiger partial charge in [-0.25, -0.2) is 9.78 Å². The number of carbonyl (C=O) groups excluding carboxylic acids is 1. The molecule has 9 nitrogen and oxygen atoms in total. The zero-order valence-corrected chi connectivity index (χ0v) is 17.7. The molecular formula is C21H31N5O4. The number of aryl methyl sites for hydroxylation is 2. The molecular weight excluding hydrogens is 386 g/mol. The first kappa shape index (κ1) is 21.9. The molecule has 1 aliphatic heterocycles. The predicted molar refractivity (Wildman–Crippen MR) is 114 cm³/mol. The van der Waals surface area contributed by atoms with Crippen LogP contribution in [0.1, 0.15) is 12.1 Å². The van der Waals surface area contributed by atoms with E-state index in [4.69, 9.17) is 14.2 Å². The molecule has 0 saturated carbocycles. The van der Waals surface area contributed by atoms with Crippen LogP contribution in [0.25, 0.3) is 0 Å².